The third kappa shape index (κ3) is 9.95. The number of aromatic hydroxyl groups is 1. The lowest BCUT2D eigenvalue weighted by Gasteiger charge is -2.24. The third-order valence-electron chi connectivity index (χ3n) is 4.92. The van der Waals surface area contributed by atoms with Crippen molar-refractivity contribution in [3.8, 4) is 5.75 Å². The van der Waals surface area contributed by atoms with Crippen LogP contribution in [0, 0.1) is 0 Å². The van der Waals surface area contributed by atoms with Gasteiger partial charge in [0.25, 0.3) is 0 Å². The fraction of sp³-hybridized carbons (Fsp3) is 0.524. The Morgan fingerprint density at radius 3 is 2.00 bits per heavy atom. The van der Waals surface area contributed by atoms with Crippen molar-refractivity contribution in [3.63, 3.8) is 0 Å². The number of benzene rings is 1. The molecular formula is C21H33N5O7S. The summed E-state index contributed by atoms with van der Waals surface area (Å²) >= 11 is 4.03. The highest BCUT2D eigenvalue weighted by Crippen LogP contribution is 2.11. The standard InChI is InChI=1S/C21H33N5O7S/c22-8-2-1-3-15(24-18(29)14(23)9-12-4-6-13(28)7-5-12)19(30)26-17(11-34)20(31)25-16(10-27)21(32)33/h4-7,14-17,27-28,34H,1-3,8-11,22-23H2,(H,24,29)(H,25,31)(H,26,30)(H,32,33). The summed E-state index contributed by atoms with van der Waals surface area (Å²) in [4.78, 5) is 48.8. The number of carboxylic acid groups (broad SMARTS) is 1. The molecule has 0 fully saturated rings. The van der Waals surface area contributed by atoms with Crippen LogP contribution in [0.15, 0.2) is 24.3 Å². The first-order valence-electron chi connectivity index (χ1n) is 10.7. The maximum absolute atomic E-state index is 12.8. The van der Waals surface area contributed by atoms with E-state index in [1.54, 1.807) is 12.1 Å². The van der Waals surface area contributed by atoms with Crippen molar-refractivity contribution < 1.29 is 34.5 Å². The number of amides is 3. The fourth-order valence-corrected chi connectivity index (χ4v) is 3.20. The zero-order valence-electron chi connectivity index (χ0n) is 18.6. The quantitative estimate of drug-likeness (QED) is 0.0948. The predicted molar refractivity (Wildman–Crippen MR) is 127 cm³/mol. The van der Waals surface area contributed by atoms with E-state index in [2.05, 4.69) is 28.6 Å². The lowest BCUT2D eigenvalue weighted by Crippen LogP contribution is -2.58. The van der Waals surface area contributed by atoms with Gasteiger partial charge in [-0.25, -0.2) is 4.79 Å². The molecule has 4 atom stereocenters. The number of aliphatic hydroxyl groups excluding tert-OH is 1. The highest BCUT2D eigenvalue weighted by Gasteiger charge is 2.29. The summed E-state index contributed by atoms with van der Waals surface area (Å²) < 4.78 is 0. The van der Waals surface area contributed by atoms with Crippen LogP contribution in [-0.2, 0) is 25.6 Å². The van der Waals surface area contributed by atoms with Gasteiger partial charge >= 0.3 is 5.97 Å². The minimum atomic E-state index is -1.54. The molecule has 1 aromatic rings. The van der Waals surface area contributed by atoms with Crippen molar-refractivity contribution in [1.82, 2.24) is 16.0 Å². The number of unbranched alkanes of at least 4 members (excludes halogenated alkanes) is 1. The molecule has 0 bridgehead atoms. The summed E-state index contributed by atoms with van der Waals surface area (Å²) in [5.41, 5.74) is 12.2. The molecular weight excluding hydrogens is 466 g/mol. The van der Waals surface area contributed by atoms with Crippen LogP contribution in [-0.4, -0.2) is 82.1 Å². The van der Waals surface area contributed by atoms with Crippen LogP contribution in [0.2, 0.25) is 0 Å². The molecule has 0 heterocycles. The van der Waals surface area contributed by atoms with Gasteiger partial charge in [-0.05, 0) is 49.9 Å². The van der Waals surface area contributed by atoms with Gasteiger partial charge in [0, 0.05) is 5.75 Å². The summed E-state index contributed by atoms with van der Waals surface area (Å²) in [6.45, 7) is -0.437. The number of nitrogens with one attached hydrogen (secondary N) is 3. The van der Waals surface area contributed by atoms with Crippen LogP contribution in [0.1, 0.15) is 24.8 Å². The summed E-state index contributed by atoms with van der Waals surface area (Å²) in [5, 5.41) is 34.6. The molecule has 3 amide bonds. The largest absolute Gasteiger partial charge is 0.508 e. The molecule has 0 radical (unpaired) electrons. The van der Waals surface area contributed by atoms with Crippen molar-refractivity contribution in [2.75, 3.05) is 18.9 Å². The van der Waals surface area contributed by atoms with Crippen LogP contribution in [0.5, 0.6) is 5.75 Å². The van der Waals surface area contributed by atoms with Gasteiger partial charge in [0.2, 0.25) is 17.7 Å². The van der Waals surface area contributed by atoms with Crippen molar-refractivity contribution in [1.29, 1.82) is 0 Å². The van der Waals surface area contributed by atoms with E-state index in [0.29, 0.717) is 24.9 Å². The van der Waals surface area contributed by atoms with Crippen LogP contribution >= 0.6 is 12.6 Å². The molecule has 4 unspecified atom stereocenters. The maximum atomic E-state index is 12.8. The second kappa shape index (κ2) is 15.1. The van der Waals surface area contributed by atoms with Gasteiger partial charge in [0.05, 0.1) is 12.6 Å². The number of carbonyl (C=O) groups is 4. The molecule has 12 nitrogen and oxygen atoms in total. The number of carbonyl (C=O) groups excluding carboxylic acids is 3. The molecule has 1 aromatic carbocycles. The highest BCUT2D eigenvalue weighted by atomic mass is 32.1. The number of hydrogen-bond acceptors (Lipinski definition) is 9. The molecule has 0 saturated carbocycles. The predicted octanol–water partition coefficient (Wildman–Crippen LogP) is -2.15. The molecule has 0 spiro atoms. The molecule has 1 rings (SSSR count). The minimum absolute atomic E-state index is 0.0786. The number of aliphatic hydroxyl groups is 1. The van der Waals surface area contributed by atoms with E-state index in [4.69, 9.17) is 21.7 Å². The fourth-order valence-electron chi connectivity index (χ4n) is 2.94. The number of rotatable bonds is 15. The molecule has 13 heteroatoms. The van der Waals surface area contributed by atoms with E-state index in [9.17, 15) is 24.3 Å². The van der Waals surface area contributed by atoms with Crippen LogP contribution in [0.3, 0.4) is 0 Å². The van der Waals surface area contributed by atoms with Crippen LogP contribution in [0.25, 0.3) is 0 Å². The Bertz CT molecular complexity index is 824. The van der Waals surface area contributed by atoms with Gasteiger partial charge in [-0.15, -0.1) is 0 Å². The van der Waals surface area contributed by atoms with Crippen LogP contribution in [0.4, 0.5) is 0 Å². The van der Waals surface area contributed by atoms with E-state index in [-0.39, 0.29) is 24.3 Å². The number of nitrogens with two attached hydrogens (primary N) is 2. The lowest BCUT2D eigenvalue weighted by atomic mass is 10.0. The van der Waals surface area contributed by atoms with Gasteiger partial charge in [-0.2, -0.15) is 12.6 Å². The zero-order chi connectivity index (χ0) is 25.7. The highest BCUT2D eigenvalue weighted by molar-refractivity contribution is 7.80. The molecule has 190 valence electrons. The summed E-state index contributed by atoms with van der Waals surface area (Å²) in [6.07, 6.45) is 1.52. The lowest BCUT2D eigenvalue weighted by molar-refractivity contribution is -0.143. The van der Waals surface area contributed by atoms with Gasteiger partial charge in [0.15, 0.2) is 0 Å². The Labute approximate surface area is 202 Å². The number of phenolic OH excluding ortho intramolecular Hbond substituents is 1. The number of carboxylic acids is 1. The Morgan fingerprint density at radius 2 is 1.47 bits per heavy atom. The number of phenols is 1. The van der Waals surface area contributed by atoms with Crippen molar-refractivity contribution >= 4 is 36.3 Å². The SMILES string of the molecule is NCCCCC(NC(=O)C(N)Cc1ccc(O)cc1)C(=O)NC(CS)C(=O)NC(CO)C(=O)O. The second-order valence-corrected chi connectivity index (χ2v) is 8.01. The average molecular weight is 500 g/mol. The topological polar surface area (TPSA) is 217 Å². The third-order valence-corrected chi connectivity index (χ3v) is 5.29. The van der Waals surface area contributed by atoms with Gasteiger partial charge in [0.1, 0.15) is 23.9 Å². The number of aliphatic carboxylic acids is 1. The normalized spacial score (nSPS) is 14.4. The summed E-state index contributed by atoms with van der Waals surface area (Å²) in [6, 6.07) is 1.46. The second-order valence-electron chi connectivity index (χ2n) is 7.65. The molecule has 10 N–H and O–H groups in total. The molecule has 0 aliphatic rings. The Morgan fingerprint density at radius 1 is 0.912 bits per heavy atom. The number of hydrogen-bond donors (Lipinski definition) is 9. The monoisotopic (exact) mass is 499 g/mol. The zero-order valence-corrected chi connectivity index (χ0v) is 19.5. The van der Waals surface area contributed by atoms with Crippen molar-refractivity contribution in [2.24, 2.45) is 11.5 Å². The Balaban J connectivity index is 2.83. The summed E-state index contributed by atoms with van der Waals surface area (Å²) in [7, 11) is 0. The molecule has 0 aliphatic carbocycles. The van der Waals surface area contributed by atoms with E-state index >= 15 is 0 Å². The van der Waals surface area contributed by atoms with E-state index in [1.807, 2.05) is 0 Å². The molecule has 0 saturated heterocycles. The molecule has 0 aliphatic heterocycles. The van der Waals surface area contributed by atoms with Gasteiger partial charge in [-0.1, -0.05) is 12.1 Å². The first-order chi connectivity index (χ1) is 16.1. The smallest absolute Gasteiger partial charge is 0.328 e. The van der Waals surface area contributed by atoms with Crippen molar-refractivity contribution in [3.05, 3.63) is 29.8 Å². The van der Waals surface area contributed by atoms with E-state index in [0.717, 1.165) is 0 Å². The molecule has 34 heavy (non-hydrogen) atoms. The van der Waals surface area contributed by atoms with Gasteiger partial charge in [-0.3, -0.25) is 14.4 Å². The molecule has 0 aromatic heterocycles. The van der Waals surface area contributed by atoms with Crippen molar-refractivity contribution in [2.45, 2.75) is 49.9 Å². The first kappa shape index (κ1) is 29.2. The minimum Gasteiger partial charge on any atom is -0.508 e. The maximum Gasteiger partial charge on any atom is 0.328 e. The Kier molecular flexibility index (Phi) is 13.0. The summed E-state index contributed by atoms with van der Waals surface area (Å²) in [5.74, 6) is -3.61. The van der Waals surface area contributed by atoms with Gasteiger partial charge < -0.3 is 42.7 Å². The van der Waals surface area contributed by atoms with Crippen LogP contribution < -0.4 is 27.4 Å². The number of thiol groups is 1. The Hall–Kier alpha value is -2.87. The van der Waals surface area contributed by atoms with E-state index < -0.39 is 54.5 Å². The van der Waals surface area contributed by atoms with E-state index in [1.165, 1.54) is 12.1 Å². The first-order valence-corrected chi connectivity index (χ1v) is 11.3. The average Bonchev–Trinajstić information content (AvgIpc) is 2.81.